The van der Waals surface area contributed by atoms with Crippen molar-refractivity contribution in [3.05, 3.63) is 21.4 Å². The van der Waals surface area contributed by atoms with Crippen molar-refractivity contribution in [1.29, 1.82) is 0 Å². The lowest BCUT2D eigenvalue weighted by molar-refractivity contribution is 0.0113. The molecule has 1 saturated heterocycles. The number of hydrogen-bond acceptors (Lipinski definition) is 3. The Balaban J connectivity index is 1.46. The molecule has 1 aliphatic heterocycles. The third kappa shape index (κ3) is 3.63. The molecule has 0 spiro atoms. The molecule has 2 atom stereocenters. The minimum Gasteiger partial charge on any atom is -0.378 e. The van der Waals surface area contributed by atoms with E-state index in [0.29, 0.717) is 12.1 Å². The molecular weight excluding hydrogens is 266 g/mol. The largest absolute Gasteiger partial charge is 0.378 e. The fourth-order valence-electron chi connectivity index (χ4n) is 3.32. The zero-order valence-corrected chi connectivity index (χ0v) is 13.4. The molecule has 0 radical (unpaired) electrons. The molecular formula is C17H27NOS. The van der Waals surface area contributed by atoms with Crippen LogP contribution >= 0.6 is 11.3 Å². The molecule has 2 heterocycles. The minimum atomic E-state index is 0.495. The van der Waals surface area contributed by atoms with E-state index in [0.717, 1.165) is 19.6 Å². The Bertz CT molecular complexity index is 399. The molecule has 1 aromatic rings. The second-order valence-corrected chi connectivity index (χ2v) is 7.43. The molecule has 20 heavy (non-hydrogen) atoms. The Morgan fingerprint density at radius 3 is 3.00 bits per heavy atom. The molecule has 112 valence electrons. The highest BCUT2D eigenvalue weighted by atomic mass is 32.1. The molecule has 0 saturated carbocycles. The lowest BCUT2D eigenvalue weighted by Gasteiger charge is -2.23. The van der Waals surface area contributed by atoms with Crippen LogP contribution in [0.3, 0.4) is 0 Å². The molecule has 0 amide bonds. The first kappa shape index (κ1) is 14.6. The monoisotopic (exact) mass is 293 g/mol. The van der Waals surface area contributed by atoms with E-state index >= 15 is 0 Å². The zero-order chi connectivity index (χ0) is 13.8. The van der Waals surface area contributed by atoms with Gasteiger partial charge in [-0.25, -0.2) is 0 Å². The van der Waals surface area contributed by atoms with Crippen molar-refractivity contribution in [2.75, 3.05) is 13.2 Å². The van der Waals surface area contributed by atoms with E-state index in [1.54, 1.807) is 10.4 Å². The highest BCUT2D eigenvalue weighted by Crippen LogP contribution is 2.32. The van der Waals surface area contributed by atoms with E-state index < -0.39 is 0 Å². The first-order valence-corrected chi connectivity index (χ1v) is 9.11. The Morgan fingerprint density at radius 1 is 1.30 bits per heavy atom. The van der Waals surface area contributed by atoms with Gasteiger partial charge in [-0.1, -0.05) is 0 Å². The Hall–Kier alpha value is -0.380. The highest BCUT2D eigenvalue weighted by Gasteiger charge is 2.17. The average Bonchev–Trinajstić information content (AvgIpc) is 2.92. The van der Waals surface area contributed by atoms with E-state index in [4.69, 9.17) is 4.74 Å². The van der Waals surface area contributed by atoms with Gasteiger partial charge >= 0.3 is 0 Å². The van der Waals surface area contributed by atoms with E-state index in [1.165, 1.54) is 49.8 Å². The molecule has 2 unspecified atom stereocenters. The number of nitrogens with one attached hydrogen (secondary N) is 1. The molecule has 0 aromatic carbocycles. The first-order valence-electron chi connectivity index (χ1n) is 8.29. The van der Waals surface area contributed by atoms with Gasteiger partial charge in [0.05, 0.1) is 6.10 Å². The summed E-state index contributed by atoms with van der Waals surface area (Å²) in [6, 6.07) is 2.95. The predicted octanol–water partition coefficient (Wildman–Crippen LogP) is 4.24. The van der Waals surface area contributed by atoms with E-state index in [2.05, 4.69) is 18.3 Å². The van der Waals surface area contributed by atoms with Crippen molar-refractivity contribution in [3.8, 4) is 0 Å². The predicted molar refractivity (Wildman–Crippen MR) is 85.6 cm³/mol. The van der Waals surface area contributed by atoms with Crippen LogP contribution in [-0.2, 0) is 17.6 Å². The Morgan fingerprint density at radius 2 is 2.20 bits per heavy atom. The summed E-state index contributed by atoms with van der Waals surface area (Å²) in [6.45, 7) is 4.35. The van der Waals surface area contributed by atoms with Crippen molar-refractivity contribution in [2.45, 2.75) is 70.4 Å². The van der Waals surface area contributed by atoms with Crippen molar-refractivity contribution in [2.24, 2.45) is 0 Å². The summed E-state index contributed by atoms with van der Waals surface area (Å²) in [4.78, 5) is 3.18. The van der Waals surface area contributed by atoms with Crippen LogP contribution in [-0.4, -0.2) is 19.3 Å². The van der Waals surface area contributed by atoms with Crippen LogP contribution in [0.1, 0.15) is 66.8 Å². The third-order valence-electron chi connectivity index (χ3n) is 4.63. The van der Waals surface area contributed by atoms with E-state index in [-0.39, 0.29) is 0 Å². The summed E-state index contributed by atoms with van der Waals surface area (Å²) >= 11 is 2.04. The van der Waals surface area contributed by atoms with Gasteiger partial charge in [0.1, 0.15) is 0 Å². The van der Waals surface area contributed by atoms with Gasteiger partial charge in [0.25, 0.3) is 0 Å². The maximum atomic E-state index is 5.79. The van der Waals surface area contributed by atoms with Gasteiger partial charge in [0, 0.05) is 22.4 Å². The van der Waals surface area contributed by atoms with Crippen molar-refractivity contribution in [3.63, 3.8) is 0 Å². The minimum absolute atomic E-state index is 0.495. The van der Waals surface area contributed by atoms with Crippen LogP contribution in [0.2, 0.25) is 0 Å². The molecule has 1 aromatic heterocycles. The molecule has 0 bridgehead atoms. The second-order valence-electron chi connectivity index (χ2n) is 6.26. The number of hydrogen-bond donors (Lipinski definition) is 1. The lowest BCUT2D eigenvalue weighted by atomic mass is 9.99. The molecule has 1 aliphatic carbocycles. The quantitative estimate of drug-likeness (QED) is 0.877. The maximum Gasteiger partial charge on any atom is 0.0587 e. The van der Waals surface area contributed by atoms with E-state index in [1.807, 2.05) is 11.3 Å². The van der Waals surface area contributed by atoms with Gasteiger partial charge in [-0.2, -0.15) is 0 Å². The van der Waals surface area contributed by atoms with Crippen molar-refractivity contribution < 1.29 is 4.74 Å². The summed E-state index contributed by atoms with van der Waals surface area (Å²) in [5.41, 5.74) is 1.63. The fourth-order valence-corrected chi connectivity index (χ4v) is 4.61. The maximum absolute atomic E-state index is 5.79. The first-order chi connectivity index (χ1) is 9.83. The van der Waals surface area contributed by atoms with Crippen LogP contribution < -0.4 is 5.32 Å². The number of ether oxygens (including phenoxy) is 1. The summed E-state index contributed by atoms with van der Waals surface area (Å²) in [5, 5.41) is 3.69. The number of fused-ring (bicyclic) bond motifs is 1. The van der Waals surface area contributed by atoms with Gasteiger partial charge in [-0.15, -0.1) is 11.3 Å². The van der Waals surface area contributed by atoms with E-state index in [9.17, 15) is 0 Å². The van der Waals surface area contributed by atoms with Gasteiger partial charge in [-0.05, 0) is 76.5 Å². The molecule has 1 N–H and O–H groups in total. The number of thiophene rings is 1. The van der Waals surface area contributed by atoms with Gasteiger partial charge in [0.2, 0.25) is 0 Å². The molecule has 2 nitrogen and oxygen atoms in total. The van der Waals surface area contributed by atoms with Crippen LogP contribution in [0.15, 0.2) is 6.07 Å². The normalized spacial score (nSPS) is 24.4. The Kier molecular flexibility index (Phi) is 5.14. The van der Waals surface area contributed by atoms with Gasteiger partial charge in [-0.3, -0.25) is 0 Å². The number of rotatable bonds is 5. The van der Waals surface area contributed by atoms with Crippen LogP contribution in [0.25, 0.3) is 0 Å². The van der Waals surface area contributed by atoms with Crippen molar-refractivity contribution in [1.82, 2.24) is 5.32 Å². The molecule has 3 rings (SSSR count). The third-order valence-corrected chi connectivity index (χ3v) is 6.05. The molecule has 3 heteroatoms. The summed E-state index contributed by atoms with van der Waals surface area (Å²) in [5.74, 6) is 0. The zero-order valence-electron chi connectivity index (χ0n) is 12.6. The van der Waals surface area contributed by atoms with Crippen LogP contribution in [0, 0.1) is 0 Å². The smallest absolute Gasteiger partial charge is 0.0587 e. The topological polar surface area (TPSA) is 21.3 Å². The standard InChI is InChI=1S/C17H27NOS/c1-13(18-10-9-15-7-4-5-11-19-15)17-12-14-6-2-3-8-16(14)20-17/h12-13,15,18H,2-11H2,1H3. The van der Waals surface area contributed by atoms with Gasteiger partial charge < -0.3 is 10.1 Å². The van der Waals surface area contributed by atoms with Gasteiger partial charge in [0.15, 0.2) is 0 Å². The second kappa shape index (κ2) is 7.06. The lowest BCUT2D eigenvalue weighted by Crippen LogP contribution is -2.26. The SMILES string of the molecule is CC(NCCC1CCCCO1)c1cc2c(s1)CCCC2. The van der Waals surface area contributed by atoms with Crippen LogP contribution in [0.5, 0.6) is 0 Å². The fraction of sp³-hybridized carbons (Fsp3) is 0.765. The Labute approximate surface area is 126 Å². The summed E-state index contributed by atoms with van der Waals surface area (Å²) in [7, 11) is 0. The average molecular weight is 293 g/mol. The number of aryl methyl sites for hydroxylation is 2. The summed E-state index contributed by atoms with van der Waals surface area (Å²) < 4.78 is 5.79. The van der Waals surface area contributed by atoms with Crippen molar-refractivity contribution >= 4 is 11.3 Å². The summed E-state index contributed by atoms with van der Waals surface area (Å²) in [6.07, 6.45) is 10.9. The molecule has 1 fully saturated rings. The molecule has 2 aliphatic rings. The highest BCUT2D eigenvalue weighted by molar-refractivity contribution is 7.12. The van der Waals surface area contributed by atoms with Crippen LogP contribution in [0.4, 0.5) is 0 Å².